The molecular formula is C7H14N2. The molecule has 0 aromatic rings. The number of hydrazine groups is 1. The fraction of sp³-hybridized carbons (Fsp3) is 0.714. The molecule has 0 saturated carbocycles. The standard InChI is InChI=1S/C7H14N2/c1-4-6-7(5-2)9(3)8/h1,7H,5-6,8H2,2-3H3. The zero-order valence-corrected chi connectivity index (χ0v) is 6.09. The molecular weight excluding hydrogens is 112 g/mol. The highest BCUT2D eigenvalue weighted by Gasteiger charge is 2.05. The lowest BCUT2D eigenvalue weighted by atomic mass is 10.1. The summed E-state index contributed by atoms with van der Waals surface area (Å²) in [6, 6.07) is 0.343. The molecule has 0 aromatic carbocycles. The summed E-state index contributed by atoms with van der Waals surface area (Å²) in [5.41, 5.74) is 0. The van der Waals surface area contributed by atoms with Gasteiger partial charge < -0.3 is 0 Å². The van der Waals surface area contributed by atoms with Gasteiger partial charge in [0.15, 0.2) is 0 Å². The molecule has 0 aromatic heterocycles. The Morgan fingerprint density at radius 2 is 2.33 bits per heavy atom. The van der Waals surface area contributed by atoms with Gasteiger partial charge in [-0.1, -0.05) is 6.92 Å². The maximum atomic E-state index is 5.47. The summed E-state index contributed by atoms with van der Waals surface area (Å²) < 4.78 is 0. The first kappa shape index (κ1) is 8.48. The Morgan fingerprint density at radius 1 is 1.78 bits per heavy atom. The van der Waals surface area contributed by atoms with Gasteiger partial charge in [0.25, 0.3) is 0 Å². The van der Waals surface area contributed by atoms with Gasteiger partial charge in [0.05, 0.1) is 0 Å². The molecule has 0 amide bonds. The monoisotopic (exact) mass is 126 g/mol. The Bertz CT molecular complexity index is 102. The van der Waals surface area contributed by atoms with Crippen molar-refractivity contribution in [3.05, 3.63) is 0 Å². The number of nitrogens with two attached hydrogens (primary N) is 1. The largest absolute Gasteiger partial charge is 0.269 e. The molecule has 0 rings (SSSR count). The normalized spacial score (nSPS) is 13.2. The topological polar surface area (TPSA) is 29.3 Å². The summed E-state index contributed by atoms with van der Waals surface area (Å²) in [5, 5.41) is 1.67. The predicted molar refractivity (Wildman–Crippen MR) is 39.5 cm³/mol. The second-order valence-corrected chi connectivity index (χ2v) is 2.14. The van der Waals surface area contributed by atoms with Crippen LogP contribution in [0.2, 0.25) is 0 Å². The maximum Gasteiger partial charge on any atom is 0.0344 e. The van der Waals surface area contributed by atoms with Crippen LogP contribution in [0.15, 0.2) is 0 Å². The molecule has 2 heteroatoms. The number of rotatable bonds is 3. The van der Waals surface area contributed by atoms with Gasteiger partial charge in [-0.15, -0.1) is 12.3 Å². The summed E-state index contributed by atoms with van der Waals surface area (Å²) >= 11 is 0. The van der Waals surface area contributed by atoms with E-state index in [1.807, 2.05) is 7.05 Å². The molecule has 52 valence electrons. The van der Waals surface area contributed by atoms with Crippen LogP contribution in [-0.4, -0.2) is 18.1 Å². The van der Waals surface area contributed by atoms with E-state index >= 15 is 0 Å². The molecule has 2 nitrogen and oxygen atoms in total. The van der Waals surface area contributed by atoms with Crippen molar-refractivity contribution in [3.8, 4) is 12.3 Å². The molecule has 1 atom stereocenters. The van der Waals surface area contributed by atoms with E-state index in [1.165, 1.54) is 0 Å². The molecule has 1 unspecified atom stereocenters. The van der Waals surface area contributed by atoms with Crippen molar-refractivity contribution in [2.24, 2.45) is 5.84 Å². The Kier molecular flexibility index (Phi) is 4.12. The van der Waals surface area contributed by atoms with Gasteiger partial charge >= 0.3 is 0 Å². The minimum atomic E-state index is 0.343. The van der Waals surface area contributed by atoms with Crippen LogP contribution in [0, 0.1) is 12.3 Å². The first-order valence-electron chi connectivity index (χ1n) is 3.13. The zero-order chi connectivity index (χ0) is 7.28. The van der Waals surface area contributed by atoms with E-state index in [1.54, 1.807) is 5.01 Å². The Morgan fingerprint density at radius 3 is 2.44 bits per heavy atom. The van der Waals surface area contributed by atoms with Crippen molar-refractivity contribution in [3.63, 3.8) is 0 Å². The molecule has 0 fully saturated rings. The average Bonchev–Trinajstić information content (AvgIpc) is 1.82. The molecule has 0 spiro atoms. The minimum absolute atomic E-state index is 0.343. The molecule has 0 aliphatic carbocycles. The van der Waals surface area contributed by atoms with E-state index in [9.17, 15) is 0 Å². The second kappa shape index (κ2) is 4.37. The highest BCUT2D eigenvalue weighted by molar-refractivity contribution is 4.88. The lowest BCUT2D eigenvalue weighted by Gasteiger charge is -2.19. The number of terminal acetylenes is 1. The molecule has 2 N–H and O–H groups in total. The lowest BCUT2D eigenvalue weighted by molar-refractivity contribution is 0.246. The van der Waals surface area contributed by atoms with Crippen molar-refractivity contribution < 1.29 is 0 Å². The quantitative estimate of drug-likeness (QED) is 0.341. The van der Waals surface area contributed by atoms with Crippen LogP contribution >= 0.6 is 0 Å². The SMILES string of the molecule is C#CCC(CC)N(C)N. The van der Waals surface area contributed by atoms with Crippen molar-refractivity contribution >= 4 is 0 Å². The first-order valence-corrected chi connectivity index (χ1v) is 3.13. The van der Waals surface area contributed by atoms with Gasteiger partial charge in [-0.3, -0.25) is 5.84 Å². The molecule has 0 bridgehead atoms. The minimum Gasteiger partial charge on any atom is -0.269 e. The summed E-state index contributed by atoms with van der Waals surface area (Å²) in [6.45, 7) is 2.07. The smallest absolute Gasteiger partial charge is 0.0344 e. The number of hydrogen-bond acceptors (Lipinski definition) is 2. The molecule has 0 aliphatic heterocycles. The summed E-state index contributed by atoms with van der Waals surface area (Å²) in [6.07, 6.45) is 6.86. The van der Waals surface area contributed by atoms with Gasteiger partial charge in [-0.05, 0) is 6.42 Å². The van der Waals surface area contributed by atoms with E-state index in [-0.39, 0.29) is 0 Å². The summed E-state index contributed by atoms with van der Waals surface area (Å²) in [5.74, 6) is 8.05. The van der Waals surface area contributed by atoms with Gasteiger partial charge in [0, 0.05) is 19.5 Å². The third-order valence-corrected chi connectivity index (χ3v) is 1.40. The van der Waals surface area contributed by atoms with E-state index < -0.39 is 0 Å². The zero-order valence-electron chi connectivity index (χ0n) is 6.09. The van der Waals surface area contributed by atoms with Crippen molar-refractivity contribution in [1.82, 2.24) is 5.01 Å². The molecule has 0 radical (unpaired) electrons. The van der Waals surface area contributed by atoms with Crippen molar-refractivity contribution in [1.29, 1.82) is 0 Å². The lowest BCUT2D eigenvalue weighted by Crippen LogP contribution is -2.36. The first-order chi connectivity index (χ1) is 4.22. The Balaban J connectivity index is 3.57. The number of nitrogens with zero attached hydrogens (tertiary/aromatic N) is 1. The third-order valence-electron chi connectivity index (χ3n) is 1.40. The van der Waals surface area contributed by atoms with Crippen LogP contribution in [0.3, 0.4) is 0 Å². The van der Waals surface area contributed by atoms with Crippen LogP contribution in [-0.2, 0) is 0 Å². The van der Waals surface area contributed by atoms with E-state index in [0.29, 0.717) is 6.04 Å². The van der Waals surface area contributed by atoms with Crippen LogP contribution in [0.5, 0.6) is 0 Å². The maximum absolute atomic E-state index is 5.47. The fourth-order valence-electron chi connectivity index (χ4n) is 0.712. The van der Waals surface area contributed by atoms with Gasteiger partial charge in [-0.2, -0.15) is 0 Å². The highest BCUT2D eigenvalue weighted by atomic mass is 15.4. The van der Waals surface area contributed by atoms with Crippen LogP contribution in [0.25, 0.3) is 0 Å². The van der Waals surface area contributed by atoms with Gasteiger partial charge in [0.1, 0.15) is 0 Å². The highest BCUT2D eigenvalue weighted by Crippen LogP contribution is 1.99. The van der Waals surface area contributed by atoms with Crippen LogP contribution in [0.4, 0.5) is 0 Å². The van der Waals surface area contributed by atoms with Gasteiger partial charge in [0.2, 0.25) is 0 Å². The molecule has 0 aliphatic rings. The van der Waals surface area contributed by atoms with Gasteiger partial charge in [-0.25, -0.2) is 5.01 Å². The molecule has 0 heterocycles. The third kappa shape index (κ3) is 3.12. The van der Waals surface area contributed by atoms with E-state index in [2.05, 4.69) is 12.8 Å². The Labute approximate surface area is 57.0 Å². The van der Waals surface area contributed by atoms with Crippen molar-refractivity contribution in [2.75, 3.05) is 7.05 Å². The summed E-state index contributed by atoms with van der Waals surface area (Å²) in [7, 11) is 1.84. The van der Waals surface area contributed by atoms with Crippen LogP contribution < -0.4 is 5.84 Å². The second-order valence-electron chi connectivity index (χ2n) is 2.14. The molecule has 9 heavy (non-hydrogen) atoms. The number of hydrogen-bond donors (Lipinski definition) is 1. The Hall–Kier alpha value is -0.520. The fourth-order valence-corrected chi connectivity index (χ4v) is 0.712. The van der Waals surface area contributed by atoms with Crippen molar-refractivity contribution in [2.45, 2.75) is 25.8 Å². The molecule has 0 saturated heterocycles. The van der Waals surface area contributed by atoms with E-state index in [0.717, 1.165) is 12.8 Å². The summed E-state index contributed by atoms with van der Waals surface area (Å²) in [4.78, 5) is 0. The predicted octanol–water partition coefficient (Wildman–Crippen LogP) is 0.594. The van der Waals surface area contributed by atoms with Crippen LogP contribution in [0.1, 0.15) is 19.8 Å². The van der Waals surface area contributed by atoms with E-state index in [4.69, 9.17) is 12.3 Å². The average molecular weight is 126 g/mol.